The molecule has 1 heterocycles. The maximum atomic E-state index is 12.2. The van der Waals surface area contributed by atoms with Crippen molar-refractivity contribution < 1.29 is 14.1 Å². The molecule has 0 saturated carbocycles. The molecule has 0 fully saturated rings. The van der Waals surface area contributed by atoms with E-state index in [0.29, 0.717) is 11.4 Å². The molecule has 3 rings (SSSR count). The molecule has 2 aromatic carbocycles. The number of nitrogens with zero attached hydrogens (tertiary/aromatic N) is 2. The number of aromatic nitrogens is 2. The molecule has 0 amide bonds. The van der Waals surface area contributed by atoms with Gasteiger partial charge in [0.15, 0.2) is 6.61 Å². The van der Waals surface area contributed by atoms with Crippen LogP contribution in [-0.2, 0) is 11.3 Å². The fourth-order valence-electron chi connectivity index (χ4n) is 2.29. The Kier molecular flexibility index (Phi) is 4.42. The Balaban J connectivity index is 1.68. The Hall–Kier alpha value is -2.95. The SMILES string of the molecule is Cc1ccc(-c2noc(COC(=O)c3cc(C)ccc3C)n2)cc1. The molecule has 0 saturated heterocycles. The van der Waals surface area contributed by atoms with Crippen LogP contribution in [0.3, 0.4) is 0 Å². The lowest BCUT2D eigenvalue weighted by atomic mass is 10.1. The number of hydrogen-bond acceptors (Lipinski definition) is 5. The van der Waals surface area contributed by atoms with Gasteiger partial charge in [-0.1, -0.05) is 52.7 Å². The highest BCUT2D eigenvalue weighted by Gasteiger charge is 2.14. The van der Waals surface area contributed by atoms with E-state index in [4.69, 9.17) is 9.26 Å². The number of carbonyl (C=O) groups is 1. The molecule has 122 valence electrons. The summed E-state index contributed by atoms with van der Waals surface area (Å²) in [6, 6.07) is 13.5. The summed E-state index contributed by atoms with van der Waals surface area (Å²) >= 11 is 0. The van der Waals surface area contributed by atoms with Crippen LogP contribution >= 0.6 is 0 Å². The maximum absolute atomic E-state index is 12.2. The molecule has 3 aromatic rings. The average Bonchev–Trinajstić information content (AvgIpc) is 3.04. The summed E-state index contributed by atoms with van der Waals surface area (Å²) in [5.74, 6) is 0.350. The van der Waals surface area contributed by atoms with Crippen molar-refractivity contribution in [1.82, 2.24) is 10.1 Å². The lowest BCUT2D eigenvalue weighted by Crippen LogP contribution is -2.07. The second kappa shape index (κ2) is 6.66. The van der Waals surface area contributed by atoms with Crippen LogP contribution in [0.25, 0.3) is 11.4 Å². The Morgan fingerprint density at radius 3 is 2.50 bits per heavy atom. The Labute approximate surface area is 140 Å². The molecule has 0 unspecified atom stereocenters. The van der Waals surface area contributed by atoms with Gasteiger partial charge in [-0.25, -0.2) is 4.79 Å². The molecule has 24 heavy (non-hydrogen) atoms. The zero-order valence-corrected chi connectivity index (χ0v) is 13.9. The molecule has 0 bridgehead atoms. The van der Waals surface area contributed by atoms with Crippen molar-refractivity contribution in [3.63, 3.8) is 0 Å². The molecule has 5 nitrogen and oxygen atoms in total. The second-order valence-electron chi connectivity index (χ2n) is 5.77. The number of hydrogen-bond donors (Lipinski definition) is 0. The van der Waals surface area contributed by atoms with Crippen molar-refractivity contribution in [2.45, 2.75) is 27.4 Å². The van der Waals surface area contributed by atoms with Crippen molar-refractivity contribution in [1.29, 1.82) is 0 Å². The molecule has 0 atom stereocenters. The van der Waals surface area contributed by atoms with E-state index in [1.165, 1.54) is 0 Å². The third kappa shape index (κ3) is 3.51. The number of aryl methyl sites for hydroxylation is 3. The third-order valence-corrected chi connectivity index (χ3v) is 3.72. The smallest absolute Gasteiger partial charge is 0.338 e. The summed E-state index contributed by atoms with van der Waals surface area (Å²) in [7, 11) is 0. The second-order valence-corrected chi connectivity index (χ2v) is 5.77. The van der Waals surface area contributed by atoms with Crippen LogP contribution < -0.4 is 0 Å². The number of carbonyl (C=O) groups excluding carboxylic acids is 1. The van der Waals surface area contributed by atoms with Gasteiger partial charge < -0.3 is 9.26 Å². The first kappa shape index (κ1) is 15.9. The number of benzene rings is 2. The molecular formula is C19H18N2O3. The molecule has 0 aliphatic carbocycles. The van der Waals surface area contributed by atoms with Gasteiger partial charge in [0.25, 0.3) is 5.89 Å². The van der Waals surface area contributed by atoms with Crippen LogP contribution in [0.15, 0.2) is 47.0 Å². The van der Waals surface area contributed by atoms with Gasteiger partial charge in [-0.3, -0.25) is 0 Å². The molecule has 0 aliphatic rings. The van der Waals surface area contributed by atoms with E-state index in [1.807, 2.05) is 63.2 Å². The summed E-state index contributed by atoms with van der Waals surface area (Å²) in [4.78, 5) is 16.5. The number of esters is 1. The van der Waals surface area contributed by atoms with Gasteiger partial charge in [-0.05, 0) is 32.4 Å². The monoisotopic (exact) mass is 322 g/mol. The highest BCUT2D eigenvalue weighted by atomic mass is 16.6. The van der Waals surface area contributed by atoms with Crippen molar-refractivity contribution in [3.05, 3.63) is 70.6 Å². The average molecular weight is 322 g/mol. The van der Waals surface area contributed by atoms with E-state index in [2.05, 4.69) is 10.1 Å². The lowest BCUT2D eigenvalue weighted by molar-refractivity contribution is 0.0429. The minimum atomic E-state index is -0.397. The molecule has 0 spiro atoms. The van der Waals surface area contributed by atoms with Gasteiger partial charge in [-0.15, -0.1) is 0 Å². The molecule has 0 radical (unpaired) electrons. The van der Waals surface area contributed by atoms with Crippen LogP contribution in [0.5, 0.6) is 0 Å². The normalized spacial score (nSPS) is 10.6. The summed E-state index contributed by atoms with van der Waals surface area (Å²) in [6.45, 7) is 5.77. The van der Waals surface area contributed by atoms with Gasteiger partial charge in [0.2, 0.25) is 5.82 Å². The molecule has 1 aromatic heterocycles. The standard InChI is InChI=1S/C19H18N2O3/c1-12-5-8-15(9-6-12)18-20-17(24-21-18)11-23-19(22)16-10-13(2)4-7-14(16)3/h4-10H,11H2,1-3H3. The lowest BCUT2D eigenvalue weighted by Gasteiger charge is -2.06. The largest absolute Gasteiger partial charge is 0.452 e. The van der Waals surface area contributed by atoms with Gasteiger partial charge >= 0.3 is 5.97 Å². The Morgan fingerprint density at radius 2 is 1.75 bits per heavy atom. The van der Waals surface area contributed by atoms with Crippen molar-refractivity contribution in [2.75, 3.05) is 0 Å². The fraction of sp³-hybridized carbons (Fsp3) is 0.211. The van der Waals surface area contributed by atoms with Crippen molar-refractivity contribution >= 4 is 5.97 Å². The third-order valence-electron chi connectivity index (χ3n) is 3.72. The van der Waals surface area contributed by atoms with Crippen molar-refractivity contribution in [3.8, 4) is 11.4 Å². The first-order valence-electron chi connectivity index (χ1n) is 7.67. The van der Waals surface area contributed by atoms with Crippen LogP contribution in [0.1, 0.15) is 32.9 Å². The zero-order valence-electron chi connectivity index (χ0n) is 13.9. The summed E-state index contributed by atoms with van der Waals surface area (Å²) in [6.07, 6.45) is 0. The number of rotatable bonds is 4. The Bertz CT molecular complexity index is 867. The molecule has 0 aliphatic heterocycles. The summed E-state index contributed by atoms with van der Waals surface area (Å²) in [5, 5.41) is 3.92. The maximum Gasteiger partial charge on any atom is 0.338 e. The number of ether oxygens (including phenoxy) is 1. The van der Waals surface area contributed by atoms with Gasteiger partial charge in [0.05, 0.1) is 5.56 Å². The zero-order chi connectivity index (χ0) is 17.1. The minimum absolute atomic E-state index is 0.0505. The first-order chi connectivity index (χ1) is 11.5. The predicted octanol–water partition coefficient (Wildman–Crippen LogP) is 4.02. The highest BCUT2D eigenvalue weighted by Crippen LogP contribution is 2.17. The van der Waals surface area contributed by atoms with Crippen LogP contribution in [0.4, 0.5) is 0 Å². The topological polar surface area (TPSA) is 65.2 Å². The summed E-state index contributed by atoms with van der Waals surface area (Å²) in [5.41, 5.74) is 4.44. The predicted molar refractivity (Wildman–Crippen MR) is 89.5 cm³/mol. The van der Waals surface area contributed by atoms with Gasteiger partial charge in [-0.2, -0.15) is 4.98 Å². The summed E-state index contributed by atoms with van der Waals surface area (Å²) < 4.78 is 10.4. The highest BCUT2D eigenvalue weighted by molar-refractivity contribution is 5.91. The van der Waals surface area contributed by atoms with E-state index in [0.717, 1.165) is 22.3 Å². The minimum Gasteiger partial charge on any atom is -0.452 e. The van der Waals surface area contributed by atoms with E-state index in [-0.39, 0.29) is 12.5 Å². The molecule has 0 N–H and O–H groups in total. The van der Waals surface area contributed by atoms with Crippen molar-refractivity contribution in [2.24, 2.45) is 0 Å². The van der Waals surface area contributed by atoms with Crippen LogP contribution in [0.2, 0.25) is 0 Å². The van der Waals surface area contributed by atoms with E-state index >= 15 is 0 Å². The molecular weight excluding hydrogens is 304 g/mol. The van der Waals surface area contributed by atoms with Gasteiger partial charge in [0, 0.05) is 5.56 Å². The van der Waals surface area contributed by atoms with Crippen LogP contribution in [0, 0.1) is 20.8 Å². The Morgan fingerprint density at radius 1 is 1.04 bits per heavy atom. The first-order valence-corrected chi connectivity index (χ1v) is 7.67. The van der Waals surface area contributed by atoms with Gasteiger partial charge in [0.1, 0.15) is 0 Å². The molecule has 5 heteroatoms. The van der Waals surface area contributed by atoms with E-state index in [1.54, 1.807) is 0 Å². The van der Waals surface area contributed by atoms with Crippen LogP contribution in [-0.4, -0.2) is 16.1 Å². The fourth-order valence-corrected chi connectivity index (χ4v) is 2.29. The van der Waals surface area contributed by atoms with E-state index in [9.17, 15) is 4.79 Å². The van der Waals surface area contributed by atoms with E-state index < -0.39 is 5.97 Å². The quantitative estimate of drug-likeness (QED) is 0.679.